The largest absolute Gasteiger partial charge is 0.359 e. The van der Waals surface area contributed by atoms with Gasteiger partial charge in [-0.15, -0.1) is 0 Å². The van der Waals surface area contributed by atoms with Gasteiger partial charge in [-0.2, -0.15) is 5.10 Å². The standard InChI is InChI=1S/C20H28N4O/c1-4-24(5-2)11-16-12(3)21-17(18(16)13-6-7-13)10-15-19(14-8-9-14)22-23-20(15)25/h10,13-14,21H,4-9,11H2,1-3H3,(H,23,25)/b15-10+. The van der Waals surface area contributed by atoms with Crippen LogP contribution in [0.25, 0.3) is 6.08 Å². The van der Waals surface area contributed by atoms with Crippen LogP contribution < -0.4 is 5.43 Å². The molecule has 134 valence electrons. The fourth-order valence-corrected chi connectivity index (χ4v) is 3.84. The Balaban J connectivity index is 1.71. The number of hydrogen-bond acceptors (Lipinski definition) is 3. The number of H-pyrrole nitrogens is 1. The van der Waals surface area contributed by atoms with Crippen LogP contribution in [0.15, 0.2) is 10.7 Å². The topological polar surface area (TPSA) is 60.5 Å². The fraction of sp³-hybridized carbons (Fsp3) is 0.600. The first kappa shape index (κ1) is 16.6. The molecule has 4 rings (SSSR count). The normalized spacial score (nSPS) is 22.0. The van der Waals surface area contributed by atoms with E-state index in [-0.39, 0.29) is 5.91 Å². The number of hydrogen-bond donors (Lipinski definition) is 2. The molecule has 0 bridgehead atoms. The van der Waals surface area contributed by atoms with E-state index in [2.05, 4.69) is 47.3 Å². The van der Waals surface area contributed by atoms with Gasteiger partial charge < -0.3 is 4.98 Å². The summed E-state index contributed by atoms with van der Waals surface area (Å²) < 4.78 is 0. The van der Waals surface area contributed by atoms with E-state index in [1.165, 1.54) is 29.7 Å². The molecule has 1 aromatic rings. The van der Waals surface area contributed by atoms with Crippen molar-refractivity contribution in [2.24, 2.45) is 11.0 Å². The maximum absolute atomic E-state index is 12.3. The number of carbonyl (C=O) groups excluding carboxylic acids is 1. The van der Waals surface area contributed by atoms with Crippen LogP contribution >= 0.6 is 0 Å². The number of rotatable bonds is 7. The van der Waals surface area contributed by atoms with Crippen molar-refractivity contribution in [3.8, 4) is 0 Å². The van der Waals surface area contributed by atoms with E-state index in [1.807, 2.05) is 0 Å². The molecule has 0 aromatic carbocycles. The number of hydrazone groups is 1. The van der Waals surface area contributed by atoms with Crippen LogP contribution in [0.1, 0.15) is 68.0 Å². The van der Waals surface area contributed by atoms with Gasteiger partial charge in [0, 0.05) is 23.9 Å². The lowest BCUT2D eigenvalue weighted by Crippen LogP contribution is -2.22. The van der Waals surface area contributed by atoms with Crippen LogP contribution in [0.4, 0.5) is 0 Å². The van der Waals surface area contributed by atoms with Crippen molar-refractivity contribution in [1.82, 2.24) is 15.3 Å². The average Bonchev–Trinajstić information content (AvgIpc) is 3.52. The van der Waals surface area contributed by atoms with Gasteiger partial charge in [-0.25, -0.2) is 5.43 Å². The summed E-state index contributed by atoms with van der Waals surface area (Å²) >= 11 is 0. The van der Waals surface area contributed by atoms with Gasteiger partial charge in [0.05, 0.1) is 11.3 Å². The number of aromatic nitrogens is 1. The molecule has 2 fully saturated rings. The summed E-state index contributed by atoms with van der Waals surface area (Å²) in [4.78, 5) is 18.3. The molecule has 2 heterocycles. The first-order valence-electron chi connectivity index (χ1n) is 9.66. The van der Waals surface area contributed by atoms with E-state index >= 15 is 0 Å². The van der Waals surface area contributed by atoms with Gasteiger partial charge in [-0.1, -0.05) is 13.8 Å². The molecule has 25 heavy (non-hydrogen) atoms. The molecule has 5 heteroatoms. The predicted molar refractivity (Wildman–Crippen MR) is 100 cm³/mol. The highest BCUT2D eigenvalue weighted by molar-refractivity contribution is 6.28. The van der Waals surface area contributed by atoms with E-state index < -0.39 is 0 Å². The third kappa shape index (κ3) is 3.17. The van der Waals surface area contributed by atoms with Gasteiger partial charge in [0.25, 0.3) is 5.91 Å². The summed E-state index contributed by atoms with van der Waals surface area (Å²) in [6.45, 7) is 9.70. The zero-order chi connectivity index (χ0) is 17.6. The monoisotopic (exact) mass is 340 g/mol. The van der Waals surface area contributed by atoms with Gasteiger partial charge in [0.1, 0.15) is 0 Å². The molecule has 2 aliphatic carbocycles. The van der Waals surface area contributed by atoms with Crippen molar-refractivity contribution in [2.75, 3.05) is 13.1 Å². The lowest BCUT2D eigenvalue weighted by molar-refractivity contribution is -0.116. The Kier molecular flexibility index (Phi) is 4.28. The summed E-state index contributed by atoms with van der Waals surface area (Å²) in [5.74, 6) is 1.06. The van der Waals surface area contributed by atoms with Crippen molar-refractivity contribution in [3.05, 3.63) is 28.1 Å². The highest BCUT2D eigenvalue weighted by Crippen LogP contribution is 2.45. The number of aryl methyl sites for hydroxylation is 1. The molecule has 5 nitrogen and oxygen atoms in total. The zero-order valence-corrected chi connectivity index (χ0v) is 15.5. The third-order valence-electron chi connectivity index (χ3n) is 5.70. The number of carbonyl (C=O) groups is 1. The van der Waals surface area contributed by atoms with Crippen LogP contribution in [0.3, 0.4) is 0 Å². The fourth-order valence-electron chi connectivity index (χ4n) is 3.84. The van der Waals surface area contributed by atoms with Crippen molar-refractivity contribution in [2.45, 2.75) is 58.9 Å². The van der Waals surface area contributed by atoms with E-state index in [9.17, 15) is 4.79 Å². The molecular weight excluding hydrogens is 312 g/mol. The first-order chi connectivity index (χ1) is 12.1. The van der Waals surface area contributed by atoms with Crippen molar-refractivity contribution >= 4 is 17.7 Å². The van der Waals surface area contributed by atoms with E-state index in [4.69, 9.17) is 0 Å². The van der Waals surface area contributed by atoms with Crippen LogP contribution in [-0.4, -0.2) is 34.6 Å². The van der Waals surface area contributed by atoms with Crippen molar-refractivity contribution in [3.63, 3.8) is 0 Å². The predicted octanol–water partition coefficient (Wildman–Crippen LogP) is 3.32. The zero-order valence-electron chi connectivity index (χ0n) is 15.5. The van der Waals surface area contributed by atoms with Gasteiger partial charge in [0.15, 0.2) is 0 Å². The molecule has 2 N–H and O–H groups in total. The third-order valence-corrected chi connectivity index (χ3v) is 5.70. The molecule has 0 atom stereocenters. The Bertz CT molecular complexity index is 746. The SMILES string of the molecule is CCN(CC)Cc1c(C)[nH]c(/C=C2/C(=O)NN=C2C2CC2)c1C1CC1. The summed E-state index contributed by atoms with van der Waals surface area (Å²) in [6.07, 6.45) is 6.88. The maximum Gasteiger partial charge on any atom is 0.273 e. The quantitative estimate of drug-likeness (QED) is 0.748. The van der Waals surface area contributed by atoms with Gasteiger partial charge in [-0.05, 0) is 68.8 Å². The Hall–Kier alpha value is -1.88. The molecule has 0 unspecified atom stereocenters. The average molecular weight is 340 g/mol. The molecule has 1 aromatic heterocycles. The number of nitrogens with zero attached hydrogens (tertiary/aromatic N) is 2. The number of nitrogens with one attached hydrogen (secondary N) is 2. The second-order valence-corrected chi connectivity index (χ2v) is 7.56. The second-order valence-electron chi connectivity index (χ2n) is 7.56. The first-order valence-corrected chi connectivity index (χ1v) is 9.66. The van der Waals surface area contributed by atoms with Crippen LogP contribution in [0, 0.1) is 12.8 Å². The molecule has 1 amide bonds. The van der Waals surface area contributed by atoms with Crippen LogP contribution in [0.2, 0.25) is 0 Å². The highest BCUT2D eigenvalue weighted by Gasteiger charge is 2.37. The van der Waals surface area contributed by atoms with Gasteiger partial charge in [-0.3, -0.25) is 9.69 Å². The van der Waals surface area contributed by atoms with Crippen LogP contribution in [0.5, 0.6) is 0 Å². The van der Waals surface area contributed by atoms with Gasteiger partial charge in [0.2, 0.25) is 0 Å². The van der Waals surface area contributed by atoms with Gasteiger partial charge >= 0.3 is 0 Å². The highest BCUT2D eigenvalue weighted by atomic mass is 16.2. The summed E-state index contributed by atoms with van der Waals surface area (Å²) in [7, 11) is 0. The minimum atomic E-state index is -0.0545. The smallest absolute Gasteiger partial charge is 0.273 e. The molecule has 0 spiro atoms. The van der Waals surface area contributed by atoms with Crippen LogP contribution in [-0.2, 0) is 11.3 Å². The summed E-state index contributed by atoms with van der Waals surface area (Å²) in [5, 5.41) is 4.28. The minimum Gasteiger partial charge on any atom is -0.359 e. The molecule has 0 radical (unpaired) electrons. The molecule has 3 aliphatic rings. The van der Waals surface area contributed by atoms with E-state index in [1.54, 1.807) is 0 Å². The molecule has 0 saturated heterocycles. The number of aromatic amines is 1. The Morgan fingerprint density at radius 3 is 2.44 bits per heavy atom. The Morgan fingerprint density at radius 2 is 1.84 bits per heavy atom. The van der Waals surface area contributed by atoms with Crippen molar-refractivity contribution < 1.29 is 4.79 Å². The van der Waals surface area contributed by atoms with E-state index in [0.717, 1.165) is 49.5 Å². The Morgan fingerprint density at radius 1 is 1.16 bits per heavy atom. The molecule has 2 saturated carbocycles. The Labute approximate surface area is 149 Å². The minimum absolute atomic E-state index is 0.0545. The lowest BCUT2D eigenvalue weighted by atomic mass is 10.00. The lowest BCUT2D eigenvalue weighted by Gasteiger charge is -2.19. The molecule has 1 aliphatic heterocycles. The summed E-state index contributed by atoms with van der Waals surface area (Å²) in [6, 6.07) is 0. The number of amides is 1. The van der Waals surface area contributed by atoms with E-state index in [0.29, 0.717) is 11.8 Å². The summed E-state index contributed by atoms with van der Waals surface area (Å²) in [5.41, 5.74) is 9.62. The maximum atomic E-state index is 12.3. The second kappa shape index (κ2) is 6.45. The molecular formula is C20H28N4O. The van der Waals surface area contributed by atoms with Crippen molar-refractivity contribution in [1.29, 1.82) is 0 Å².